The topological polar surface area (TPSA) is 80.0 Å². The Morgan fingerprint density at radius 3 is 2.43 bits per heavy atom. The van der Waals surface area contributed by atoms with E-state index in [0.29, 0.717) is 29.2 Å². The zero-order valence-electron chi connectivity index (χ0n) is 20.1. The molecular formula is C30H24FNO5. The number of hydrogen-bond donors (Lipinski definition) is 1. The van der Waals surface area contributed by atoms with Gasteiger partial charge in [0.25, 0.3) is 11.7 Å². The number of carbonyl (C=O) groups is 2. The van der Waals surface area contributed by atoms with E-state index in [4.69, 9.17) is 9.15 Å². The number of rotatable bonds is 7. The number of nitrogens with zero attached hydrogens (tertiary/aromatic N) is 1. The van der Waals surface area contributed by atoms with Crippen molar-refractivity contribution in [2.24, 2.45) is 0 Å². The fraction of sp³-hybridized carbons (Fsp3) is 0.133. The van der Waals surface area contributed by atoms with E-state index in [9.17, 15) is 19.1 Å². The molecule has 0 spiro atoms. The number of likely N-dealkylation sites (tertiary alicyclic amines) is 1. The number of aliphatic hydroxyl groups excluding tert-OH is 1. The van der Waals surface area contributed by atoms with Gasteiger partial charge in [-0.1, -0.05) is 54.6 Å². The minimum absolute atomic E-state index is 0.0214. The Kier molecular flexibility index (Phi) is 6.60. The number of aryl methyl sites for hydroxylation is 1. The van der Waals surface area contributed by atoms with E-state index >= 15 is 0 Å². The summed E-state index contributed by atoms with van der Waals surface area (Å²) in [5.74, 6) is -1.49. The molecule has 186 valence electrons. The lowest BCUT2D eigenvalue weighted by atomic mass is 9.95. The summed E-state index contributed by atoms with van der Waals surface area (Å²) >= 11 is 0. The number of ether oxygens (including phenoxy) is 1. The van der Waals surface area contributed by atoms with Crippen LogP contribution in [-0.2, 0) is 22.7 Å². The molecule has 1 unspecified atom stereocenters. The predicted octanol–water partition coefficient (Wildman–Crippen LogP) is 5.93. The number of furan rings is 1. The standard InChI is InChI=1S/C30H24FNO5/c1-19-9-10-22(16-25(19)31)28(33)26-27(32(30(35)29(26)34)17-24-8-5-15-36-24)21-11-13-23(14-12-21)37-18-20-6-3-2-4-7-20/h2-16,27,33H,17-18H2,1H3/b28-26-. The van der Waals surface area contributed by atoms with Crippen molar-refractivity contribution in [3.05, 3.63) is 131 Å². The van der Waals surface area contributed by atoms with Gasteiger partial charge in [0.1, 0.15) is 29.7 Å². The maximum atomic E-state index is 14.3. The molecule has 2 heterocycles. The smallest absolute Gasteiger partial charge is 0.296 e. The first-order valence-electron chi connectivity index (χ1n) is 11.8. The van der Waals surface area contributed by atoms with Crippen LogP contribution in [0.4, 0.5) is 4.39 Å². The maximum Gasteiger partial charge on any atom is 0.296 e. The van der Waals surface area contributed by atoms with Crippen molar-refractivity contribution in [2.45, 2.75) is 26.1 Å². The van der Waals surface area contributed by atoms with Crippen LogP contribution >= 0.6 is 0 Å². The van der Waals surface area contributed by atoms with E-state index in [2.05, 4.69) is 0 Å². The maximum absolute atomic E-state index is 14.3. The first-order valence-corrected chi connectivity index (χ1v) is 11.8. The summed E-state index contributed by atoms with van der Waals surface area (Å²) < 4.78 is 25.5. The van der Waals surface area contributed by atoms with Gasteiger partial charge < -0.3 is 19.2 Å². The molecule has 1 N–H and O–H groups in total. The molecule has 3 aromatic carbocycles. The fourth-order valence-electron chi connectivity index (χ4n) is 4.34. The number of Topliss-reactive ketones (excluding diaryl/α,β-unsaturated/α-hetero) is 1. The van der Waals surface area contributed by atoms with E-state index in [1.54, 1.807) is 43.3 Å². The molecule has 6 nitrogen and oxygen atoms in total. The minimum Gasteiger partial charge on any atom is -0.507 e. The second kappa shape index (κ2) is 10.1. The molecule has 0 saturated carbocycles. The summed E-state index contributed by atoms with van der Waals surface area (Å²) in [6.45, 7) is 2.01. The van der Waals surface area contributed by atoms with Crippen LogP contribution in [0.5, 0.6) is 5.75 Å². The van der Waals surface area contributed by atoms with Crippen LogP contribution in [-0.4, -0.2) is 21.7 Å². The van der Waals surface area contributed by atoms with E-state index < -0.39 is 29.3 Å². The quantitative estimate of drug-likeness (QED) is 0.195. The Bertz CT molecular complexity index is 1460. The second-order valence-electron chi connectivity index (χ2n) is 8.81. The molecule has 4 aromatic rings. The summed E-state index contributed by atoms with van der Waals surface area (Å²) in [5, 5.41) is 11.1. The van der Waals surface area contributed by atoms with Gasteiger partial charge in [-0.15, -0.1) is 0 Å². The average molecular weight is 498 g/mol. The van der Waals surface area contributed by atoms with Crippen molar-refractivity contribution >= 4 is 17.4 Å². The molecule has 7 heteroatoms. The van der Waals surface area contributed by atoms with Crippen molar-refractivity contribution in [1.29, 1.82) is 0 Å². The van der Waals surface area contributed by atoms with Crippen LogP contribution in [0.2, 0.25) is 0 Å². The molecule has 37 heavy (non-hydrogen) atoms. The highest BCUT2D eigenvalue weighted by atomic mass is 19.1. The number of halogens is 1. The minimum atomic E-state index is -0.905. The van der Waals surface area contributed by atoms with Crippen molar-refractivity contribution in [3.8, 4) is 5.75 Å². The molecule has 1 atom stereocenters. The molecule has 1 fully saturated rings. The van der Waals surface area contributed by atoms with Crippen LogP contribution in [0.1, 0.15) is 34.1 Å². The fourth-order valence-corrected chi connectivity index (χ4v) is 4.34. The zero-order valence-corrected chi connectivity index (χ0v) is 20.1. The SMILES string of the molecule is Cc1ccc(/C(O)=C2/C(=O)C(=O)N(Cc3ccco3)C2c2ccc(OCc3ccccc3)cc2)cc1F. The number of hydrogen-bond acceptors (Lipinski definition) is 5. The lowest BCUT2D eigenvalue weighted by molar-refractivity contribution is -0.140. The second-order valence-corrected chi connectivity index (χ2v) is 8.81. The molecule has 0 bridgehead atoms. The van der Waals surface area contributed by atoms with Gasteiger partial charge in [0, 0.05) is 5.56 Å². The summed E-state index contributed by atoms with van der Waals surface area (Å²) in [6.07, 6.45) is 1.48. The van der Waals surface area contributed by atoms with Gasteiger partial charge in [0.2, 0.25) is 0 Å². The van der Waals surface area contributed by atoms with Crippen LogP contribution < -0.4 is 4.74 Å². The normalized spacial score (nSPS) is 16.8. The lowest BCUT2D eigenvalue weighted by Gasteiger charge is -2.24. The van der Waals surface area contributed by atoms with Crippen molar-refractivity contribution in [1.82, 2.24) is 4.90 Å². The van der Waals surface area contributed by atoms with E-state index in [1.165, 1.54) is 23.3 Å². The number of amides is 1. The predicted molar refractivity (Wildman–Crippen MR) is 135 cm³/mol. The molecule has 0 aliphatic carbocycles. The van der Waals surface area contributed by atoms with E-state index in [1.807, 2.05) is 30.3 Å². The average Bonchev–Trinajstić information content (AvgIpc) is 3.52. The highest BCUT2D eigenvalue weighted by Gasteiger charge is 2.46. The Labute approximate surface area is 213 Å². The Hall–Kier alpha value is -4.65. The Morgan fingerprint density at radius 2 is 1.76 bits per heavy atom. The van der Waals surface area contributed by atoms with Gasteiger partial charge in [-0.25, -0.2) is 4.39 Å². The molecule has 1 saturated heterocycles. The first kappa shape index (κ1) is 24.1. The molecular weight excluding hydrogens is 473 g/mol. The van der Waals surface area contributed by atoms with Crippen LogP contribution in [0, 0.1) is 12.7 Å². The van der Waals surface area contributed by atoms with Gasteiger partial charge in [-0.2, -0.15) is 0 Å². The third-order valence-corrected chi connectivity index (χ3v) is 6.34. The van der Waals surface area contributed by atoms with E-state index in [0.717, 1.165) is 11.6 Å². The molecule has 5 rings (SSSR count). The van der Waals surface area contributed by atoms with Crippen LogP contribution in [0.3, 0.4) is 0 Å². The largest absolute Gasteiger partial charge is 0.507 e. The Balaban J connectivity index is 1.52. The highest BCUT2D eigenvalue weighted by molar-refractivity contribution is 6.46. The van der Waals surface area contributed by atoms with Gasteiger partial charge >= 0.3 is 0 Å². The van der Waals surface area contributed by atoms with E-state index in [-0.39, 0.29) is 17.7 Å². The van der Waals surface area contributed by atoms with Gasteiger partial charge in [0.05, 0.1) is 24.4 Å². The summed E-state index contributed by atoms with van der Waals surface area (Å²) in [6, 6.07) is 23.4. The summed E-state index contributed by atoms with van der Waals surface area (Å²) in [5.41, 5.74) is 2.01. The lowest BCUT2D eigenvalue weighted by Crippen LogP contribution is -2.29. The molecule has 1 amide bonds. The van der Waals surface area contributed by atoms with Gasteiger partial charge in [0.15, 0.2) is 0 Å². The van der Waals surface area contributed by atoms with Crippen molar-refractivity contribution in [2.75, 3.05) is 0 Å². The molecule has 1 aromatic heterocycles. The third-order valence-electron chi connectivity index (χ3n) is 6.34. The van der Waals surface area contributed by atoms with Crippen molar-refractivity contribution < 1.29 is 28.2 Å². The molecule has 0 radical (unpaired) electrons. The molecule has 1 aliphatic heterocycles. The van der Waals surface area contributed by atoms with Gasteiger partial charge in [-0.3, -0.25) is 9.59 Å². The monoisotopic (exact) mass is 497 g/mol. The number of carbonyl (C=O) groups excluding carboxylic acids is 2. The third kappa shape index (κ3) is 4.89. The van der Waals surface area contributed by atoms with Crippen molar-refractivity contribution in [3.63, 3.8) is 0 Å². The number of ketones is 1. The highest BCUT2D eigenvalue weighted by Crippen LogP contribution is 2.41. The van der Waals surface area contributed by atoms with Crippen LogP contribution in [0.25, 0.3) is 5.76 Å². The Morgan fingerprint density at radius 1 is 1.00 bits per heavy atom. The summed E-state index contributed by atoms with van der Waals surface area (Å²) in [7, 11) is 0. The molecule has 1 aliphatic rings. The van der Waals surface area contributed by atoms with Gasteiger partial charge in [-0.05, 0) is 53.9 Å². The zero-order chi connectivity index (χ0) is 25.9. The number of aliphatic hydroxyl groups is 1. The van der Waals surface area contributed by atoms with Crippen LogP contribution in [0.15, 0.2) is 101 Å². The summed E-state index contributed by atoms with van der Waals surface area (Å²) in [4.78, 5) is 27.6. The number of benzene rings is 3. The first-order chi connectivity index (χ1) is 17.9.